The number of carbonyl (C=O) groups excluding carboxylic acids is 1. The molecule has 1 fully saturated rings. The highest BCUT2D eigenvalue weighted by molar-refractivity contribution is 5.96. The normalized spacial score (nSPS) is 23.7. The largest absolute Gasteiger partial charge is 0.417 e. The maximum Gasteiger partial charge on any atom is 0.417 e. The fourth-order valence-electron chi connectivity index (χ4n) is 2.21. The summed E-state index contributed by atoms with van der Waals surface area (Å²) in [5.74, 6) is -0.689. The molecule has 19 heavy (non-hydrogen) atoms. The van der Waals surface area contributed by atoms with Crippen LogP contribution < -0.4 is 0 Å². The van der Waals surface area contributed by atoms with Gasteiger partial charge >= 0.3 is 6.18 Å². The van der Waals surface area contributed by atoms with Crippen LogP contribution in [0.1, 0.15) is 29.3 Å². The lowest BCUT2D eigenvalue weighted by molar-refractivity contribution is -0.138. The van der Waals surface area contributed by atoms with Gasteiger partial charge in [0.05, 0.1) is 16.7 Å². The van der Waals surface area contributed by atoms with Crippen molar-refractivity contribution in [3.05, 3.63) is 35.4 Å². The molecule has 0 saturated carbocycles. The Morgan fingerprint density at radius 3 is 2.53 bits per heavy atom. The molecule has 3 nitrogen and oxygen atoms in total. The van der Waals surface area contributed by atoms with E-state index in [4.69, 9.17) is 0 Å². The zero-order valence-corrected chi connectivity index (χ0v) is 10.4. The molecule has 0 aromatic heterocycles. The zero-order valence-electron chi connectivity index (χ0n) is 10.4. The molecular weight excluding hydrogens is 259 g/mol. The minimum absolute atomic E-state index is 0.0536. The predicted molar refractivity (Wildman–Crippen MR) is 62.6 cm³/mol. The van der Waals surface area contributed by atoms with Crippen LogP contribution >= 0.6 is 0 Å². The second-order valence-corrected chi connectivity index (χ2v) is 5.02. The van der Waals surface area contributed by atoms with Crippen LogP contribution in [0, 0.1) is 0 Å². The molecule has 1 amide bonds. The zero-order chi connectivity index (χ0) is 14.3. The highest BCUT2D eigenvalue weighted by atomic mass is 19.4. The first-order valence-electron chi connectivity index (χ1n) is 5.89. The highest BCUT2D eigenvalue weighted by Gasteiger charge is 2.39. The van der Waals surface area contributed by atoms with Crippen molar-refractivity contribution in [2.45, 2.75) is 25.1 Å². The number of amides is 1. The number of likely N-dealkylation sites (tertiary alicyclic amines) is 1. The Morgan fingerprint density at radius 1 is 1.37 bits per heavy atom. The number of hydrogen-bond acceptors (Lipinski definition) is 2. The molecule has 1 atom stereocenters. The van der Waals surface area contributed by atoms with Crippen molar-refractivity contribution in [2.75, 3.05) is 13.1 Å². The van der Waals surface area contributed by atoms with E-state index in [2.05, 4.69) is 0 Å². The van der Waals surface area contributed by atoms with Crippen LogP contribution in [0.4, 0.5) is 13.2 Å². The van der Waals surface area contributed by atoms with Gasteiger partial charge in [-0.2, -0.15) is 13.2 Å². The molecule has 104 valence electrons. The number of carbonyl (C=O) groups is 1. The van der Waals surface area contributed by atoms with Gasteiger partial charge in [-0.3, -0.25) is 4.79 Å². The lowest BCUT2D eigenvalue weighted by atomic mass is 10.1. The molecule has 1 heterocycles. The summed E-state index contributed by atoms with van der Waals surface area (Å²) < 4.78 is 38.5. The van der Waals surface area contributed by atoms with Crippen LogP contribution in [0.3, 0.4) is 0 Å². The number of benzene rings is 1. The Morgan fingerprint density at radius 2 is 2.00 bits per heavy atom. The number of halogens is 3. The Labute approximate surface area is 108 Å². The van der Waals surface area contributed by atoms with Crippen molar-refractivity contribution in [1.82, 2.24) is 4.90 Å². The van der Waals surface area contributed by atoms with Gasteiger partial charge in [0.1, 0.15) is 0 Å². The molecule has 1 aliphatic heterocycles. The third-order valence-electron chi connectivity index (χ3n) is 3.20. The van der Waals surface area contributed by atoms with E-state index >= 15 is 0 Å². The Bertz CT molecular complexity index is 497. The summed E-state index contributed by atoms with van der Waals surface area (Å²) in [4.78, 5) is 13.4. The molecule has 1 N–H and O–H groups in total. The molecule has 1 saturated heterocycles. The predicted octanol–water partition coefficient (Wildman–Crippen LogP) is 2.30. The average Bonchev–Trinajstić information content (AvgIpc) is 2.68. The van der Waals surface area contributed by atoms with Gasteiger partial charge in [-0.25, -0.2) is 0 Å². The molecule has 0 radical (unpaired) electrons. The van der Waals surface area contributed by atoms with Gasteiger partial charge in [-0.05, 0) is 25.5 Å². The first-order chi connectivity index (χ1) is 8.71. The molecule has 0 bridgehead atoms. The summed E-state index contributed by atoms with van der Waals surface area (Å²) >= 11 is 0. The molecule has 1 unspecified atom stereocenters. The topological polar surface area (TPSA) is 40.5 Å². The second-order valence-electron chi connectivity index (χ2n) is 5.02. The number of rotatable bonds is 1. The quantitative estimate of drug-likeness (QED) is 0.853. The van der Waals surface area contributed by atoms with Gasteiger partial charge in [-0.1, -0.05) is 12.1 Å². The Hall–Kier alpha value is -1.56. The number of alkyl halides is 3. The number of nitrogens with zero attached hydrogens (tertiary/aromatic N) is 1. The van der Waals surface area contributed by atoms with E-state index in [0.29, 0.717) is 6.42 Å². The lowest BCUT2D eigenvalue weighted by Crippen LogP contribution is -2.34. The number of aliphatic hydroxyl groups is 1. The van der Waals surface area contributed by atoms with E-state index in [0.717, 1.165) is 12.1 Å². The van der Waals surface area contributed by atoms with Gasteiger partial charge in [0.15, 0.2) is 0 Å². The average molecular weight is 273 g/mol. The molecule has 0 aliphatic carbocycles. The molecule has 0 spiro atoms. The fraction of sp³-hybridized carbons (Fsp3) is 0.462. The summed E-state index contributed by atoms with van der Waals surface area (Å²) in [7, 11) is 0. The van der Waals surface area contributed by atoms with Crippen molar-refractivity contribution in [3.63, 3.8) is 0 Å². The van der Waals surface area contributed by atoms with Gasteiger partial charge in [-0.15, -0.1) is 0 Å². The smallest absolute Gasteiger partial charge is 0.388 e. The second kappa shape index (κ2) is 4.52. The number of β-amino-alcohol motifs (C(OH)–C–C–N with tert-alkyl or cyclic N) is 1. The van der Waals surface area contributed by atoms with E-state index in [1.807, 2.05) is 0 Å². The van der Waals surface area contributed by atoms with Crippen LogP contribution in [0.2, 0.25) is 0 Å². The molecule has 1 aromatic rings. The van der Waals surface area contributed by atoms with E-state index < -0.39 is 23.2 Å². The monoisotopic (exact) mass is 273 g/mol. The molecule has 1 aliphatic rings. The first kappa shape index (κ1) is 13.9. The van der Waals surface area contributed by atoms with E-state index in [-0.39, 0.29) is 18.7 Å². The maximum absolute atomic E-state index is 12.8. The minimum atomic E-state index is -4.56. The van der Waals surface area contributed by atoms with Gasteiger partial charge < -0.3 is 10.0 Å². The lowest BCUT2D eigenvalue weighted by Gasteiger charge is -2.21. The standard InChI is InChI=1S/C13H14F3NO2/c1-12(19)6-7-17(8-12)11(18)9-4-2-3-5-10(9)13(14,15)16/h2-5,19H,6-8H2,1H3. The summed E-state index contributed by atoms with van der Waals surface area (Å²) in [6.45, 7) is 1.88. The first-order valence-corrected chi connectivity index (χ1v) is 5.89. The molecule has 2 rings (SSSR count). The summed E-state index contributed by atoms with van der Waals surface area (Å²) in [5.41, 5.74) is -2.33. The summed E-state index contributed by atoms with van der Waals surface area (Å²) in [6.07, 6.45) is -4.19. The van der Waals surface area contributed by atoms with Gasteiger partial charge in [0.2, 0.25) is 0 Å². The van der Waals surface area contributed by atoms with Crippen LogP contribution in [-0.2, 0) is 6.18 Å². The van der Waals surface area contributed by atoms with E-state index in [9.17, 15) is 23.1 Å². The van der Waals surface area contributed by atoms with Crippen molar-refractivity contribution in [2.24, 2.45) is 0 Å². The molecular formula is C13H14F3NO2. The SMILES string of the molecule is CC1(O)CCN(C(=O)c2ccccc2C(F)(F)F)C1. The Balaban J connectivity index is 2.30. The molecule has 1 aromatic carbocycles. The van der Waals surface area contributed by atoms with Crippen molar-refractivity contribution < 1.29 is 23.1 Å². The third-order valence-corrected chi connectivity index (χ3v) is 3.20. The summed E-state index contributed by atoms with van der Waals surface area (Å²) in [5, 5.41) is 9.77. The number of hydrogen-bond donors (Lipinski definition) is 1. The van der Waals surface area contributed by atoms with Crippen molar-refractivity contribution in [3.8, 4) is 0 Å². The van der Waals surface area contributed by atoms with E-state index in [1.54, 1.807) is 6.92 Å². The van der Waals surface area contributed by atoms with Crippen LogP contribution in [-0.4, -0.2) is 34.6 Å². The maximum atomic E-state index is 12.8. The molecule has 6 heteroatoms. The minimum Gasteiger partial charge on any atom is -0.388 e. The van der Waals surface area contributed by atoms with Crippen LogP contribution in [0.25, 0.3) is 0 Å². The van der Waals surface area contributed by atoms with Gasteiger partial charge in [0, 0.05) is 13.1 Å². The van der Waals surface area contributed by atoms with E-state index in [1.165, 1.54) is 17.0 Å². The third kappa shape index (κ3) is 2.89. The van der Waals surface area contributed by atoms with Crippen molar-refractivity contribution >= 4 is 5.91 Å². The van der Waals surface area contributed by atoms with Gasteiger partial charge in [0.25, 0.3) is 5.91 Å². The fourth-order valence-corrected chi connectivity index (χ4v) is 2.21. The van der Waals surface area contributed by atoms with Crippen LogP contribution in [0.5, 0.6) is 0 Å². The summed E-state index contributed by atoms with van der Waals surface area (Å²) in [6, 6.07) is 4.70. The Kier molecular flexibility index (Phi) is 3.30. The highest BCUT2D eigenvalue weighted by Crippen LogP contribution is 2.33. The van der Waals surface area contributed by atoms with Crippen LogP contribution in [0.15, 0.2) is 24.3 Å². The van der Waals surface area contributed by atoms with Crippen molar-refractivity contribution in [1.29, 1.82) is 0 Å².